The van der Waals surface area contributed by atoms with Gasteiger partial charge in [0.15, 0.2) is 5.69 Å². The number of fused-ring (bicyclic) bond motifs is 1. The molecule has 0 N–H and O–H groups in total. The number of aromatic nitrogens is 3. The average molecular weight is 371 g/mol. The lowest BCUT2D eigenvalue weighted by molar-refractivity contribution is -0.574. The molecule has 0 unspecified atom stereocenters. The number of pyridine rings is 1. The second-order valence-corrected chi connectivity index (χ2v) is 8.65. The van der Waals surface area contributed by atoms with Crippen LogP contribution in [0.2, 0.25) is 0 Å². The zero-order valence-corrected chi connectivity index (χ0v) is 17.6. The zero-order valence-electron chi connectivity index (χ0n) is 17.6. The van der Waals surface area contributed by atoms with Crippen molar-refractivity contribution in [1.82, 2.24) is 9.55 Å². The van der Waals surface area contributed by atoms with Crippen molar-refractivity contribution in [2.24, 2.45) is 7.05 Å². The molecule has 2 aromatic carbocycles. The Kier molecular flexibility index (Phi) is 4.34. The third kappa shape index (κ3) is 3.01. The van der Waals surface area contributed by atoms with Crippen LogP contribution in [0, 0.1) is 13.8 Å². The van der Waals surface area contributed by atoms with Crippen LogP contribution in [0.5, 0.6) is 0 Å². The van der Waals surface area contributed by atoms with Crippen molar-refractivity contribution in [2.45, 2.75) is 40.0 Å². The summed E-state index contributed by atoms with van der Waals surface area (Å²) in [6.45, 7) is 11.2. The van der Waals surface area contributed by atoms with E-state index < -0.39 is 0 Å². The van der Waals surface area contributed by atoms with Gasteiger partial charge in [-0.15, -0.1) is 0 Å². The maximum Gasteiger partial charge on any atom is 0.218 e. The number of hydrogen-bond donors (Lipinski definition) is 0. The second-order valence-electron chi connectivity index (χ2n) is 8.65. The van der Waals surface area contributed by atoms with Crippen molar-refractivity contribution in [1.29, 1.82) is 0 Å². The Bertz CT molecular complexity index is 1180. The lowest BCUT2D eigenvalue weighted by Gasteiger charge is -2.22. The van der Waals surface area contributed by atoms with E-state index in [4.69, 9.17) is 0 Å². The van der Waals surface area contributed by atoms with Gasteiger partial charge in [-0.3, -0.25) is 0 Å². The average Bonchev–Trinajstić information content (AvgIpc) is 3.07. The smallest absolute Gasteiger partial charge is 0.218 e. The molecule has 0 bridgehead atoms. The molecule has 0 fully saturated rings. The van der Waals surface area contributed by atoms with E-state index in [0.717, 1.165) is 5.82 Å². The van der Waals surface area contributed by atoms with E-state index in [2.05, 4.69) is 104 Å². The fourth-order valence-electron chi connectivity index (χ4n) is 3.85. The fraction of sp³-hybridized carbons (Fsp3) is 0.280. The topological polar surface area (TPSA) is 21.7 Å². The monoisotopic (exact) mass is 370 g/mol. The summed E-state index contributed by atoms with van der Waals surface area (Å²) in [5, 5.41) is 1.24. The first-order valence-corrected chi connectivity index (χ1v) is 9.81. The Morgan fingerprint density at radius 2 is 1.71 bits per heavy atom. The normalized spacial score (nSPS) is 11.9. The van der Waals surface area contributed by atoms with E-state index in [1.165, 1.54) is 39.0 Å². The number of hydrogen-bond acceptors (Lipinski definition) is 1. The molecule has 0 atom stereocenters. The van der Waals surface area contributed by atoms with Crippen molar-refractivity contribution in [3.63, 3.8) is 0 Å². The van der Waals surface area contributed by atoms with Crippen LogP contribution in [-0.2, 0) is 12.5 Å². The Morgan fingerprint density at radius 3 is 2.39 bits per heavy atom. The zero-order chi connectivity index (χ0) is 20.1. The van der Waals surface area contributed by atoms with Gasteiger partial charge in [0.1, 0.15) is 5.82 Å². The van der Waals surface area contributed by atoms with Crippen LogP contribution in [0.15, 0.2) is 60.9 Å². The molecule has 4 rings (SSSR count). The van der Waals surface area contributed by atoms with Crippen molar-refractivity contribution in [2.75, 3.05) is 0 Å². The molecule has 0 saturated carbocycles. The molecule has 0 saturated heterocycles. The van der Waals surface area contributed by atoms with Crippen molar-refractivity contribution >= 4 is 10.9 Å². The summed E-state index contributed by atoms with van der Waals surface area (Å²) in [6, 6.07) is 17.6. The minimum atomic E-state index is 0.0431. The van der Waals surface area contributed by atoms with E-state index in [-0.39, 0.29) is 5.41 Å². The third-order valence-electron chi connectivity index (χ3n) is 5.58. The van der Waals surface area contributed by atoms with Gasteiger partial charge in [0.25, 0.3) is 0 Å². The molecule has 28 heavy (non-hydrogen) atoms. The van der Waals surface area contributed by atoms with E-state index >= 15 is 0 Å². The van der Waals surface area contributed by atoms with Gasteiger partial charge in [0, 0.05) is 61.1 Å². The highest BCUT2D eigenvalue weighted by Crippen LogP contribution is 2.32. The van der Waals surface area contributed by atoms with Crippen molar-refractivity contribution < 1.29 is 4.57 Å². The summed E-state index contributed by atoms with van der Waals surface area (Å²) in [4.78, 5) is 4.64. The van der Waals surface area contributed by atoms with Crippen LogP contribution in [0.4, 0.5) is 0 Å². The van der Waals surface area contributed by atoms with Crippen LogP contribution >= 0.6 is 0 Å². The fourth-order valence-corrected chi connectivity index (χ4v) is 3.85. The van der Waals surface area contributed by atoms with Crippen LogP contribution in [0.25, 0.3) is 28.0 Å². The van der Waals surface area contributed by atoms with Gasteiger partial charge >= 0.3 is 0 Å². The van der Waals surface area contributed by atoms with E-state index in [0.29, 0.717) is 0 Å². The molecule has 4 aromatic rings. The predicted octanol–water partition coefficient (Wildman–Crippen LogP) is 5.43. The second kappa shape index (κ2) is 6.59. The maximum atomic E-state index is 4.64. The quantitative estimate of drug-likeness (QED) is 0.431. The summed E-state index contributed by atoms with van der Waals surface area (Å²) < 4.78 is 4.48. The lowest BCUT2D eigenvalue weighted by Crippen LogP contribution is -2.36. The number of benzene rings is 2. The van der Waals surface area contributed by atoms with Crippen LogP contribution < -0.4 is 4.57 Å². The Balaban J connectivity index is 2.11. The first kappa shape index (κ1) is 18.4. The number of rotatable bonds is 2. The highest BCUT2D eigenvalue weighted by molar-refractivity contribution is 5.76. The molecule has 2 aromatic heterocycles. The van der Waals surface area contributed by atoms with Crippen molar-refractivity contribution in [3.8, 4) is 17.1 Å². The van der Waals surface area contributed by atoms with Gasteiger partial charge in [-0.05, 0) is 36.1 Å². The SMILES string of the molecule is Cc1c(-c2nccn2C)cc(C(C)(C)C)cc1-[n+]1c(C)ccc2ccccc21. The number of aryl methyl sites for hydroxylation is 2. The molecule has 2 heterocycles. The number of nitrogens with zero attached hydrogens (tertiary/aromatic N) is 3. The van der Waals surface area contributed by atoms with E-state index in [1.807, 2.05) is 12.4 Å². The van der Waals surface area contributed by atoms with E-state index in [1.54, 1.807) is 0 Å². The standard InChI is InChI=1S/C25H28N3/c1-17-11-12-19-9-7-8-10-22(19)28(17)23-16-20(25(3,4)5)15-21(18(23)2)24-26-13-14-27(24)6/h7-16H,1-6H3/q+1. The highest BCUT2D eigenvalue weighted by atomic mass is 15.0. The van der Waals surface area contributed by atoms with Gasteiger partial charge in [0.05, 0.1) is 0 Å². The minimum absolute atomic E-state index is 0.0431. The van der Waals surface area contributed by atoms with Gasteiger partial charge < -0.3 is 4.57 Å². The van der Waals surface area contributed by atoms with E-state index in [9.17, 15) is 0 Å². The molecule has 142 valence electrons. The molecule has 0 radical (unpaired) electrons. The maximum absolute atomic E-state index is 4.64. The number of para-hydroxylation sites is 1. The number of imidazole rings is 1. The molecular weight excluding hydrogens is 342 g/mol. The molecule has 0 aliphatic heterocycles. The van der Waals surface area contributed by atoms with Gasteiger partial charge in [-0.25, -0.2) is 4.98 Å². The first-order chi connectivity index (χ1) is 13.3. The molecule has 0 amide bonds. The van der Waals surface area contributed by atoms with Gasteiger partial charge in [-0.2, -0.15) is 4.57 Å². The molecule has 0 aliphatic carbocycles. The van der Waals surface area contributed by atoms with Gasteiger partial charge in [0.2, 0.25) is 11.2 Å². The summed E-state index contributed by atoms with van der Waals surface area (Å²) in [7, 11) is 2.06. The Labute approximate surface area is 167 Å². The summed E-state index contributed by atoms with van der Waals surface area (Å²) in [6.07, 6.45) is 3.88. The summed E-state index contributed by atoms with van der Waals surface area (Å²) in [5.41, 5.74) is 7.45. The molecular formula is C25H28N3+. The predicted molar refractivity (Wildman–Crippen MR) is 116 cm³/mol. The third-order valence-corrected chi connectivity index (χ3v) is 5.58. The van der Waals surface area contributed by atoms with Gasteiger partial charge in [-0.1, -0.05) is 32.9 Å². The molecule has 3 heteroatoms. The van der Waals surface area contributed by atoms with Crippen LogP contribution in [0.1, 0.15) is 37.6 Å². The lowest BCUT2D eigenvalue weighted by atomic mass is 9.84. The summed E-state index contributed by atoms with van der Waals surface area (Å²) in [5.74, 6) is 1.00. The Hall–Kier alpha value is -2.94. The molecule has 0 spiro atoms. The molecule has 3 nitrogen and oxygen atoms in total. The highest BCUT2D eigenvalue weighted by Gasteiger charge is 2.26. The van der Waals surface area contributed by atoms with Crippen LogP contribution in [0.3, 0.4) is 0 Å². The largest absolute Gasteiger partial charge is 0.334 e. The minimum Gasteiger partial charge on any atom is -0.334 e. The first-order valence-electron chi connectivity index (χ1n) is 9.81. The van der Waals surface area contributed by atoms with Crippen LogP contribution in [-0.4, -0.2) is 9.55 Å². The summed E-state index contributed by atoms with van der Waals surface area (Å²) >= 11 is 0. The van der Waals surface area contributed by atoms with Crippen molar-refractivity contribution in [3.05, 3.63) is 77.7 Å². The Morgan fingerprint density at radius 1 is 0.964 bits per heavy atom. The molecule has 0 aliphatic rings.